The number of hydrogen-bond donors (Lipinski definition) is 0. The summed E-state index contributed by atoms with van der Waals surface area (Å²) in [6, 6.07) is 50.4. The number of aromatic nitrogens is 2. The van der Waals surface area contributed by atoms with Crippen molar-refractivity contribution in [3.63, 3.8) is 0 Å². The third kappa shape index (κ3) is 3.50. The molecule has 0 atom stereocenters. The van der Waals surface area contributed by atoms with Gasteiger partial charge < -0.3 is 0 Å². The van der Waals surface area contributed by atoms with Crippen LogP contribution < -0.4 is 4.90 Å². The van der Waals surface area contributed by atoms with Crippen LogP contribution in [0.25, 0.3) is 84.4 Å². The fraction of sp³-hybridized carbons (Fsp3) is 0. The van der Waals surface area contributed by atoms with E-state index in [-0.39, 0.29) is 0 Å². The van der Waals surface area contributed by atoms with Crippen molar-refractivity contribution in [1.29, 1.82) is 0 Å². The molecule has 3 aromatic heterocycles. The molecule has 5 heteroatoms. The molecular weight excluding hydrogens is 611 g/mol. The van der Waals surface area contributed by atoms with Crippen molar-refractivity contribution >= 4 is 102 Å². The molecule has 1 aliphatic heterocycles. The van der Waals surface area contributed by atoms with Gasteiger partial charge in [-0.05, 0) is 34.5 Å². The van der Waals surface area contributed by atoms with Crippen LogP contribution >= 0.6 is 22.7 Å². The molecule has 11 rings (SSSR count). The third-order valence-electron chi connectivity index (χ3n) is 9.61. The second kappa shape index (κ2) is 9.46. The lowest BCUT2D eigenvalue weighted by Crippen LogP contribution is -2.18. The van der Waals surface area contributed by atoms with Crippen LogP contribution in [0.2, 0.25) is 0 Å². The summed E-state index contributed by atoms with van der Waals surface area (Å²) in [4.78, 5) is 13.4. The number of benzene rings is 7. The van der Waals surface area contributed by atoms with Gasteiger partial charge in [0.05, 0.1) is 27.3 Å². The van der Waals surface area contributed by atoms with Gasteiger partial charge in [0.25, 0.3) is 0 Å². The highest BCUT2D eigenvalue weighted by Crippen LogP contribution is 2.54. The van der Waals surface area contributed by atoms with Gasteiger partial charge in [-0.3, -0.25) is 4.90 Å². The first kappa shape index (κ1) is 25.6. The molecule has 0 radical (unpaired) electrons. The summed E-state index contributed by atoms with van der Waals surface area (Å²) in [6.45, 7) is 0. The lowest BCUT2D eigenvalue weighted by Gasteiger charge is -2.33. The van der Waals surface area contributed by atoms with Gasteiger partial charge in [-0.1, -0.05) is 121 Å². The Hall–Kier alpha value is -5.62. The van der Waals surface area contributed by atoms with E-state index in [0.717, 1.165) is 38.2 Å². The van der Waals surface area contributed by atoms with Gasteiger partial charge in [-0.2, -0.15) is 0 Å². The Balaban J connectivity index is 1.30. The Bertz CT molecular complexity index is 2930. The zero-order chi connectivity index (χ0) is 30.6. The first-order valence-corrected chi connectivity index (χ1v) is 17.4. The van der Waals surface area contributed by atoms with Gasteiger partial charge in [-0.25, -0.2) is 9.97 Å². The van der Waals surface area contributed by atoms with Crippen molar-refractivity contribution < 1.29 is 0 Å². The molecule has 0 unspecified atom stereocenters. The van der Waals surface area contributed by atoms with Gasteiger partial charge in [0.1, 0.15) is 0 Å². The topological polar surface area (TPSA) is 29.0 Å². The summed E-state index contributed by atoms with van der Waals surface area (Å²) in [5.41, 5.74) is 7.80. The molecule has 47 heavy (non-hydrogen) atoms. The molecule has 0 amide bonds. The second-order valence-corrected chi connectivity index (χ2v) is 14.2. The van der Waals surface area contributed by atoms with E-state index in [0.29, 0.717) is 5.95 Å². The maximum absolute atomic E-state index is 5.61. The second-order valence-electron chi connectivity index (χ2n) is 12.1. The Morgan fingerprint density at radius 3 is 2.00 bits per heavy atom. The monoisotopic (exact) mass is 633 g/mol. The van der Waals surface area contributed by atoms with Gasteiger partial charge in [0.15, 0.2) is 0 Å². The largest absolute Gasteiger partial charge is 0.277 e. The van der Waals surface area contributed by atoms with E-state index >= 15 is 0 Å². The Kier molecular flexibility index (Phi) is 5.14. The molecule has 1 aliphatic rings. The van der Waals surface area contributed by atoms with E-state index < -0.39 is 0 Å². The molecular formula is C42H23N3S2. The number of fused-ring (bicyclic) bond motifs is 10. The lowest BCUT2D eigenvalue weighted by atomic mass is 9.89. The van der Waals surface area contributed by atoms with E-state index in [2.05, 4.69) is 144 Å². The predicted octanol–water partition coefficient (Wildman–Crippen LogP) is 12.6. The van der Waals surface area contributed by atoms with Crippen molar-refractivity contribution in [2.75, 3.05) is 4.90 Å². The number of thiophene rings is 2. The molecule has 0 bridgehead atoms. The van der Waals surface area contributed by atoms with Crippen molar-refractivity contribution in [1.82, 2.24) is 9.97 Å². The fourth-order valence-corrected chi connectivity index (χ4v) is 9.93. The minimum atomic E-state index is 0.689. The molecule has 0 fully saturated rings. The average molecular weight is 634 g/mol. The van der Waals surface area contributed by atoms with Crippen LogP contribution in [0.4, 0.5) is 17.3 Å². The Morgan fingerprint density at radius 1 is 0.447 bits per heavy atom. The summed E-state index contributed by atoms with van der Waals surface area (Å²) >= 11 is 3.63. The zero-order valence-corrected chi connectivity index (χ0v) is 26.6. The standard InChI is InChI=1S/C42H23N3S2/c1-2-13-26-24(10-1)22-23-29-28-16-7-11-25-12-8-19-33(36(25)28)45(39(26)29)42-43-37-31-15-4-6-21-35(31)47-41(37)38(44-42)32-18-9-17-30-27-14-3-5-20-34(27)46-40(30)32/h1-23H. The van der Waals surface area contributed by atoms with E-state index in [4.69, 9.17) is 9.97 Å². The lowest BCUT2D eigenvalue weighted by molar-refractivity contribution is 1.12. The number of rotatable bonds is 2. The van der Waals surface area contributed by atoms with E-state index in [1.54, 1.807) is 11.3 Å². The summed E-state index contributed by atoms with van der Waals surface area (Å²) in [5, 5.41) is 8.53. The van der Waals surface area contributed by atoms with Crippen LogP contribution in [0.5, 0.6) is 0 Å². The molecule has 0 saturated carbocycles. The first-order chi connectivity index (χ1) is 23.3. The minimum absolute atomic E-state index is 0.689. The van der Waals surface area contributed by atoms with E-state index in [9.17, 15) is 0 Å². The number of nitrogens with zero attached hydrogens (tertiary/aromatic N) is 3. The van der Waals surface area contributed by atoms with E-state index in [1.165, 1.54) is 57.5 Å². The highest BCUT2D eigenvalue weighted by Gasteiger charge is 2.31. The average Bonchev–Trinajstić information content (AvgIpc) is 3.70. The molecule has 7 aromatic carbocycles. The Labute approximate surface area is 277 Å². The third-order valence-corrected chi connectivity index (χ3v) is 12.0. The maximum Gasteiger partial charge on any atom is 0.235 e. The molecule has 0 aliphatic carbocycles. The van der Waals surface area contributed by atoms with Gasteiger partial charge in [0, 0.05) is 52.2 Å². The summed E-state index contributed by atoms with van der Waals surface area (Å²) in [7, 11) is 0. The number of hydrogen-bond acceptors (Lipinski definition) is 5. The summed E-state index contributed by atoms with van der Waals surface area (Å²) < 4.78 is 4.88. The predicted molar refractivity (Wildman–Crippen MR) is 202 cm³/mol. The minimum Gasteiger partial charge on any atom is -0.277 e. The SMILES string of the molecule is c1ccc2c3c(ccc2c1)-c1cccc2cccc(c12)N3c1nc(-c2cccc3c2sc2ccccc23)c2sc3ccccc3c2n1. The van der Waals surface area contributed by atoms with Crippen molar-refractivity contribution in [2.45, 2.75) is 0 Å². The number of anilines is 3. The fourth-order valence-electron chi connectivity index (χ4n) is 7.57. The molecule has 10 aromatic rings. The van der Waals surface area contributed by atoms with Crippen LogP contribution in [-0.2, 0) is 0 Å². The molecule has 4 heterocycles. The van der Waals surface area contributed by atoms with Crippen LogP contribution in [0, 0.1) is 0 Å². The quantitative estimate of drug-likeness (QED) is 0.190. The van der Waals surface area contributed by atoms with Crippen molar-refractivity contribution in [2.24, 2.45) is 0 Å². The summed E-state index contributed by atoms with van der Waals surface area (Å²) in [5.74, 6) is 0.689. The van der Waals surface area contributed by atoms with Crippen molar-refractivity contribution in [3.05, 3.63) is 140 Å². The Morgan fingerprint density at radius 2 is 1.11 bits per heavy atom. The summed E-state index contributed by atoms with van der Waals surface area (Å²) in [6.07, 6.45) is 0. The normalized spacial score (nSPS) is 12.6. The van der Waals surface area contributed by atoms with Crippen LogP contribution in [0.15, 0.2) is 140 Å². The molecule has 3 nitrogen and oxygen atoms in total. The highest BCUT2D eigenvalue weighted by atomic mass is 32.1. The zero-order valence-electron chi connectivity index (χ0n) is 24.9. The highest BCUT2D eigenvalue weighted by molar-refractivity contribution is 7.27. The molecule has 0 N–H and O–H groups in total. The van der Waals surface area contributed by atoms with Crippen LogP contribution in [0.3, 0.4) is 0 Å². The molecule has 218 valence electrons. The van der Waals surface area contributed by atoms with E-state index in [1.807, 2.05) is 11.3 Å². The molecule has 0 spiro atoms. The van der Waals surface area contributed by atoms with Crippen LogP contribution in [-0.4, -0.2) is 9.97 Å². The smallest absolute Gasteiger partial charge is 0.235 e. The van der Waals surface area contributed by atoms with Gasteiger partial charge in [-0.15, -0.1) is 22.7 Å². The van der Waals surface area contributed by atoms with Gasteiger partial charge in [0.2, 0.25) is 5.95 Å². The van der Waals surface area contributed by atoms with Gasteiger partial charge >= 0.3 is 0 Å². The van der Waals surface area contributed by atoms with Crippen LogP contribution in [0.1, 0.15) is 0 Å². The maximum atomic E-state index is 5.61. The van der Waals surface area contributed by atoms with Crippen molar-refractivity contribution in [3.8, 4) is 22.4 Å². The molecule has 0 saturated heterocycles. The first-order valence-electron chi connectivity index (χ1n) is 15.8.